The molecule has 6 heteroatoms. The van der Waals surface area contributed by atoms with Crippen molar-refractivity contribution >= 4 is 11.6 Å². The zero-order valence-electron chi connectivity index (χ0n) is 12.1. The van der Waals surface area contributed by atoms with Gasteiger partial charge in [-0.05, 0) is 32.0 Å². The summed E-state index contributed by atoms with van der Waals surface area (Å²) in [6.07, 6.45) is 8.51. The smallest absolute Gasteiger partial charge is 0.228 e. The third-order valence-corrected chi connectivity index (χ3v) is 4.57. The Morgan fingerprint density at radius 1 is 1.33 bits per heavy atom. The van der Waals surface area contributed by atoms with Gasteiger partial charge in [-0.1, -0.05) is 36.0 Å². The van der Waals surface area contributed by atoms with E-state index in [1.54, 1.807) is 18.3 Å². The van der Waals surface area contributed by atoms with Crippen molar-refractivity contribution in [2.45, 2.75) is 44.1 Å². The van der Waals surface area contributed by atoms with Gasteiger partial charge in [0, 0.05) is 18.2 Å². The van der Waals surface area contributed by atoms with Gasteiger partial charge in [-0.25, -0.2) is 0 Å². The lowest BCUT2D eigenvalue weighted by Crippen LogP contribution is -2.46. The largest absolute Gasteiger partial charge is 0.339 e. The molecule has 0 aromatic carbocycles. The second-order valence-electron chi connectivity index (χ2n) is 5.61. The van der Waals surface area contributed by atoms with Crippen LogP contribution < -0.4 is 5.32 Å². The first kappa shape index (κ1) is 14.5. The van der Waals surface area contributed by atoms with Crippen molar-refractivity contribution in [2.24, 2.45) is 0 Å². The highest BCUT2D eigenvalue weighted by atomic mass is 35.5. The molecule has 0 radical (unpaired) electrons. The van der Waals surface area contributed by atoms with E-state index in [2.05, 4.69) is 20.4 Å². The van der Waals surface area contributed by atoms with Gasteiger partial charge in [0.25, 0.3) is 0 Å². The second-order valence-corrected chi connectivity index (χ2v) is 6.02. The van der Waals surface area contributed by atoms with Crippen LogP contribution in [0.2, 0.25) is 5.02 Å². The molecule has 2 aromatic heterocycles. The minimum Gasteiger partial charge on any atom is -0.339 e. The highest BCUT2D eigenvalue weighted by Gasteiger charge is 2.32. The molecular formula is C15H19ClN4O. The van der Waals surface area contributed by atoms with Crippen molar-refractivity contribution in [2.75, 3.05) is 7.05 Å². The summed E-state index contributed by atoms with van der Waals surface area (Å²) >= 11 is 6.12. The second kappa shape index (κ2) is 6.12. The molecular weight excluding hydrogens is 288 g/mol. The molecule has 0 unspecified atom stereocenters. The van der Waals surface area contributed by atoms with E-state index in [9.17, 15) is 0 Å². The van der Waals surface area contributed by atoms with Gasteiger partial charge in [0.2, 0.25) is 11.7 Å². The normalized spacial score (nSPS) is 17.8. The van der Waals surface area contributed by atoms with E-state index in [1.807, 2.05) is 7.05 Å². The summed E-state index contributed by atoms with van der Waals surface area (Å²) in [4.78, 5) is 8.68. The number of nitrogens with one attached hydrogen (secondary N) is 1. The Labute approximate surface area is 129 Å². The van der Waals surface area contributed by atoms with Gasteiger partial charge in [0.15, 0.2) is 0 Å². The average Bonchev–Trinajstić information content (AvgIpc) is 2.97. The lowest BCUT2D eigenvalue weighted by atomic mass is 9.79. The number of nitrogens with zero attached hydrogens (tertiary/aromatic N) is 3. The molecule has 1 aliphatic rings. The van der Waals surface area contributed by atoms with E-state index in [-0.39, 0.29) is 5.54 Å². The zero-order valence-corrected chi connectivity index (χ0v) is 12.9. The maximum atomic E-state index is 6.12. The molecule has 0 aliphatic heterocycles. The van der Waals surface area contributed by atoms with Gasteiger partial charge in [-0.2, -0.15) is 4.98 Å². The van der Waals surface area contributed by atoms with Crippen molar-refractivity contribution in [1.82, 2.24) is 20.4 Å². The first-order valence-corrected chi connectivity index (χ1v) is 7.73. The van der Waals surface area contributed by atoms with Gasteiger partial charge in [-0.15, -0.1) is 0 Å². The van der Waals surface area contributed by atoms with Crippen LogP contribution in [0.5, 0.6) is 0 Å². The Kier molecular flexibility index (Phi) is 4.22. The topological polar surface area (TPSA) is 63.8 Å². The van der Waals surface area contributed by atoms with Crippen LogP contribution in [0.25, 0.3) is 11.5 Å². The van der Waals surface area contributed by atoms with Crippen LogP contribution >= 0.6 is 11.6 Å². The number of likely N-dealkylation sites (N-methyl/N-ethyl adjacent to an activating group) is 1. The fourth-order valence-electron chi connectivity index (χ4n) is 3.01. The Morgan fingerprint density at radius 3 is 2.86 bits per heavy atom. The predicted molar refractivity (Wildman–Crippen MR) is 81.1 cm³/mol. The number of rotatable bonds is 4. The molecule has 0 spiro atoms. The van der Waals surface area contributed by atoms with Crippen molar-refractivity contribution in [1.29, 1.82) is 0 Å². The Morgan fingerprint density at radius 2 is 2.14 bits per heavy atom. The summed E-state index contributed by atoms with van der Waals surface area (Å²) in [7, 11) is 2.01. The lowest BCUT2D eigenvalue weighted by Gasteiger charge is -2.36. The molecule has 5 nitrogen and oxygen atoms in total. The van der Waals surface area contributed by atoms with Gasteiger partial charge < -0.3 is 9.84 Å². The first-order valence-electron chi connectivity index (χ1n) is 7.35. The van der Waals surface area contributed by atoms with Gasteiger partial charge >= 0.3 is 0 Å². The molecule has 0 bridgehead atoms. The molecule has 0 saturated heterocycles. The van der Waals surface area contributed by atoms with E-state index in [4.69, 9.17) is 16.1 Å². The molecule has 0 atom stereocenters. The Balaban J connectivity index is 1.80. The van der Waals surface area contributed by atoms with Crippen molar-refractivity contribution in [3.63, 3.8) is 0 Å². The maximum Gasteiger partial charge on any atom is 0.228 e. The third kappa shape index (κ3) is 3.09. The van der Waals surface area contributed by atoms with Crippen molar-refractivity contribution in [3.8, 4) is 11.5 Å². The molecule has 2 aromatic rings. The summed E-state index contributed by atoms with van der Waals surface area (Å²) in [5.74, 6) is 1.10. The summed E-state index contributed by atoms with van der Waals surface area (Å²) in [5, 5.41) is 8.01. The molecule has 21 heavy (non-hydrogen) atoms. The van der Waals surface area contributed by atoms with Crippen LogP contribution in [0.15, 0.2) is 22.9 Å². The number of aromatic nitrogens is 3. The fourth-order valence-corrected chi connectivity index (χ4v) is 3.21. The minimum absolute atomic E-state index is 0.0793. The first-order chi connectivity index (χ1) is 10.2. The van der Waals surface area contributed by atoms with Crippen molar-refractivity contribution < 1.29 is 4.52 Å². The average molecular weight is 307 g/mol. The van der Waals surface area contributed by atoms with Crippen LogP contribution in [0.1, 0.15) is 38.0 Å². The van der Waals surface area contributed by atoms with Crippen LogP contribution in [0.3, 0.4) is 0 Å². The Hall–Kier alpha value is -1.46. The summed E-state index contributed by atoms with van der Waals surface area (Å²) < 4.78 is 5.40. The van der Waals surface area contributed by atoms with Gasteiger partial charge in [0.05, 0.1) is 5.02 Å². The summed E-state index contributed by atoms with van der Waals surface area (Å²) in [5.41, 5.74) is 0.645. The fraction of sp³-hybridized carbons (Fsp3) is 0.533. The van der Waals surface area contributed by atoms with Crippen molar-refractivity contribution in [3.05, 3.63) is 29.2 Å². The van der Waals surface area contributed by atoms with Gasteiger partial charge in [-0.3, -0.25) is 4.98 Å². The SMILES string of the molecule is CNC1(Cc2nc(-c3ncccc3Cl)no2)CCCCC1. The van der Waals surface area contributed by atoms with Crippen LogP contribution in [0.4, 0.5) is 0 Å². The Bertz CT molecular complexity index is 607. The molecule has 112 valence electrons. The molecule has 1 saturated carbocycles. The maximum absolute atomic E-state index is 6.12. The highest BCUT2D eigenvalue weighted by Crippen LogP contribution is 2.31. The summed E-state index contributed by atoms with van der Waals surface area (Å²) in [6.45, 7) is 0. The van der Waals surface area contributed by atoms with E-state index >= 15 is 0 Å². The molecule has 2 heterocycles. The van der Waals surface area contributed by atoms with Crippen LogP contribution in [0, 0.1) is 0 Å². The minimum atomic E-state index is 0.0793. The third-order valence-electron chi connectivity index (χ3n) is 4.27. The molecule has 1 N–H and O–H groups in total. The quantitative estimate of drug-likeness (QED) is 0.939. The number of hydrogen-bond donors (Lipinski definition) is 1. The lowest BCUT2D eigenvalue weighted by molar-refractivity contribution is 0.221. The summed E-state index contributed by atoms with van der Waals surface area (Å²) in [6, 6.07) is 3.56. The van der Waals surface area contributed by atoms with E-state index < -0.39 is 0 Å². The number of halogens is 1. The monoisotopic (exact) mass is 306 g/mol. The van der Waals surface area contributed by atoms with E-state index in [0.717, 1.165) is 19.3 Å². The number of pyridine rings is 1. The standard InChI is InChI=1S/C15H19ClN4O/c1-17-15(7-3-2-4-8-15)10-12-19-14(20-21-12)13-11(16)6-5-9-18-13/h5-6,9,17H,2-4,7-8,10H2,1H3. The molecule has 1 fully saturated rings. The van der Waals surface area contributed by atoms with Crippen LogP contribution in [-0.4, -0.2) is 27.7 Å². The molecule has 1 aliphatic carbocycles. The predicted octanol–water partition coefficient (Wildman–Crippen LogP) is 3.25. The van der Waals surface area contributed by atoms with E-state index in [0.29, 0.717) is 22.4 Å². The number of hydrogen-bond acceptors (Lipinski definition) is 5. The molecule has 0 amide bonds. The van der Waals surface area contributed by atoms with Crippen LogP contribution in [-0.2, 0) is 6.42 Å². The van der Waals surface area contributed by atoms with E-state index in [1.165, 1.54) is 19.3 Å². The highest BCUT2D eigenvalue weighted by molar-refractivity contribution is 6.32. The molecule has 3 rings (SSSR count). The zero-order chi connectivity index (χ0) is 14.7. The van der Waals surface area contributed by atoms with Gasteiger partial charge in [0.1, 0.15) is 5.69 Å².